The number of benzene rings is 2. The van der Waals surface area contributed by atoms with Crippen molar-refractivity contribution in [1.29, 1.82) is 0 Å². The van der Waals surface area contributed by atoms with Crippen molar-refractivity contribution in [3.63, 3.8) is 0 Å². The van der Waals surface area contributed by atoms with E-state index < -0.39 is 0 Å². The minimum Gasteiger partial charge on any atom is -0.290 e. The lowest BCUT2D eigenvalue weighted by atomic mass is 10.2. The summed E-state index contributed by atoms with van der Waals surface area (Å²) in [5, 5.41) is 13.0. The van der Waals surface area contributed by atoms with E-state index in [0.29, 0.717) is 34.0 Å². The second kappa shape index (κ2) is 8.58. The summed E-state index contributed by atoms with van der Waals surface area (Å²) in [5.74, 6) is 0.788. The number of hydrogen-bond acceptors (Lipinski definition) is 4. The molecule has 0 saturated carbocycles. The fourth-order valence-electron chi connectivity index (χ4n) is 2.33. The summed E-state index contributed by atoms with van der Waals surface area (Å²) in [5.41, 5.74) is 1.49. The summed E-state index contributed by atoms with van der Waals surface area (Å²) in [6.45, 7) is 2.60. The van der Waals surface area contributed by atoms with Crippen LogP contribution in [0, 0.1) is 0 Å². The molecule has 0 radical (unpaired) electrons. The Hall–Kier alpha value is -2.02. The lowest BCUT2D eigenvalue weighted by Gasteiger charge is -2.09. The molecular weight excluding hydrogens is 391 g/mol. The minimum atomic E-state index is -0.280. The van der Waals surface area contributed by atoms with Crippen LogP contribution in [-0.4, -0.2) is 20.7 Å². The quantitative estimate of drug-likeness (QED) is 0.574. The van der Waals surface area contributed by atoms with Gasteiger partial charge in [-0.1, -0.05) is 59.2 Å². The summed E-state index contributed by atoms with van der Waals surface area (Å²) in [4.78, 5) is 12.4. The third-order valence-electron chi connectivity index (χ3n) is 3.66. The van der Waals surface area contributed by atoms with E-state index in [2.05, 4.69) is 15.5 Å². The third-order valence-corrected chi connectivity index (χ3v) is 5.28. The normalized spacial score (nSPS) is 10.7. The van der Waals surface area contributed by atoms with E-state index in [4.69, 9.17) is 23.2 Å². The molecule has 0 fully saturated rings. The van der Waals surface area contributed by atoms with Gasteiger partial charge in [0.05, 0.1) is 0 Å². The Balaban J connectivity index is 1.73. The van der Waals surface area contributed by atoms with Crippen molar-refractivity contribution in [2.24, 2.45) is 0 Å². The predicted octanol–water partition coefficient (Wildman–Crippen LogP) is 5.15. The molecule has 0 atom stereocenters. The molecule has 134 valence electrons. The minimum absolute atomic E-state index is 0.280. The van der Waals surface area contributed by atoms with Crippen LogP contribution < -0.4 is 5.32 Å². The van der Waals surface area contributed by atoms with E-state index in [1.165, 1.54) is 11.8 Å². The lowest BCUT2D eigenvalue weighted by Crippen LogP contribution is -2.16. The van der Waals surface area contributed by atoms with Crippen molar-refractivity contribution in [3.8, 4) is 0 Å². The standard InChI is InChI=1S/C18H16Cl2N4OS/c1-2-24-17(21-16(25)12-7-5-8-14(19)10-12)22-23-18(24)26-11-13-6-3-4-9-15(13)20/h3-10H,2,11H2,1H3,(H,21,22,25). The second-order valence-corrected chi connectivity index (χ2v) is 7.18. The number of halogens is 2. The zero-order valence-corrected chi connectivity index (χ0v) is 16.3. The number of carbonyl (C=O) groups excluding carboxylic acids is 1. The Morgan fingerprint density at radius 2 is 1.96 bits per heavy atom. The summed E-state index contributed by atoms with van der Waals surface area (Å²) in [6.07, 6.45) is 0. The molecule has 1 amide bonds. The molecule has 3 aromatic rings. The molecule has 8 heteroatoms. The van der Waals surface area contributed by atoms with Crippen LogP contribution in [-0.2, 0) is 12.3 Å². The van der Waals surface area contributed by atoms with E-state index in [1.54, 1.807) is 24.3 Å². The predicted molar refractivity (Wildman–Crippen MR) is 106 cm³/mol. The van der Waals surface area contributed by atoms with Gasteiger partial charge in [0.25, 0.3) is 5.91 Å². The highest BCUT2D eigenvalue weighted by Gasteiger charge is 2.15. The van der Waals surface area contributed by atoms with Crippen LogP contribution >= 0.6 is 35.0 Å². The Morgan fingerprint density at radius 3 is 2.69 bits per heavy atom. The highest BCUT2D eigenvalue weighted by molar-refractivity contribution is 7.98. The Labute approximate surface area is 165 Å². The summed E-state index contributed by atoms with van der Waals surface area (Å²) in [6, 6.07) is 14.4. The maximum Gasteiger partial charge on any atom is 0.258 e. The SMILES string of the molecule is CCn1c(NC(=O)c2cccc(Cl)c2)nnc1SCc1ccccc1Cl. The summed E-state index contributed by atoms with van der Waals surface area (Å²) in [7, 11) is 0. The fourth-order valence-corrected chi connectivity index (χ4v) is 3.81. The average molecular weight is 407 g/mol. The van der Waals surface area contributed by atoms with Gasteiger partial charge in [0, 0.05) is 27.9 Å². The highest BCUT2D eigenvalue weighted by atomic mass is 35.5. The van der Waals surface area contributed by atoms with Gasteiger partial charge < -0.3 is 0 Å². The molecule has 0 aliphatic rings. The van der Waals surface area contributed by atoms with E-state index >= 15 is 0 Å². The number of amides is 1. The Morgan fingerprint density at radius 1 is 1.15 bits per heavy atom. The van der Waals surface area contributed by atoms with E-state index in [9.17, 15) is 4.79 Å². The first kappa shape index (κ1) is 18.8. The van der Waals surface area contributed by atoms with E-state index in [-0.39, 0.29) is 5.91 Å². The first-order valence-corrected chi connectivity index (χ1v) is 9.69. The van der Waals surface area contributed by atoms with Gasteiger partial charge in [-0.25, -0.2) is 0 Å². The molecule has 1 aromatic heterocycles. The third kappa shape index (κ3) is 4.38. The van der Waals surface area contributed by atoms with E-state index in [1.807, 2.05) is 35.8 Å². The van der Waals surface area contributed by atoms with Gasteiger partial charge in [0.1, 0.15) is 0 Å². The van der Waals surface area contributed by atoms with Crippen LogP contribution in [0.25, 0.3) is 0 Å². The van der Waals surface area contributed by atoms with Gasteiger partial charge in [0.15, 0.2) is 5.16 Å². The summed E-state index contributed by atoms with van der Waals surface area (Å²) < 4.78 is 1.85. The van der Waals surface area contributed by atoms with Crippen LogP contribution in [0.5, 0.6) is 0 Å². The molecule has 0 aliphatic carbocycles. The van der Waals surface area contributed by atoms with Crippen molar-refractivity contribution in [2.45, 2.75) is 24.4 Å². The molecule has 1 N–H and O–H groups in total. The van der Waals surface area contributed by atoms with Crippen LogP contribution in [0.4, 0.5) is 5.95 Å². The highest BCUT2D eigenvalue weighted by Crippen LogP contribution is 2.27. The number of thioether (sulfide) groups is 1. The molecule has 1 heterocycles. The largest absolute Gasteiger partial charge is 0.290 e. The number of aromatic nitrogens is 3. The van der Waals surface area contributed by atoms with Gasteiger partial charge in [-0.2, -0.15) is 0 Å². The zero-order chi connectivity index (χ0) is 18.5. The molecular formula is C18H16Cl2N4OS. The monoisotopic (exact) mass is 406 g/mol. The number of rotatable bonds is 6. The molecule has 0 unspecified atom stereocenters. The first-order valence-electron chi connectivity index (χ1n) is 7.94. The second-order valence-electron chi connectivity index (χ2n) is 5.39. The topological polar surface area (TPSA) is 59.8 Å². The zero-order valence-electron chi connectivity index (χ0n) is 13.9. The van der Waals surface area contributed by atoms with Gasteiger partial charge in [-0.15, -0.1) is 10.2 Å². The molecule has 5 nitrogen and oxygen atoms in total. The van der Waals surface area contributed by atoms with Crippen molar-refractivity contribution in [2.75, 3.05) is 5.32 Å². The Bertz CT molecular complexity index is 929. The van der Waals surface area contributed by atoms with Crippen molar-refractivity contribution >= 4 is 46.8 Å². The molecule has 0 aliphatic heterocycles. The van der Waals surface area contributed by atoms with Gasteiger partial charge in [0.2, 0.25) is 5.95 Å². The van der Waals surface area contributed by atoms with Crippen LogP contribution in [0.2, 0.25) is 10.0 Å². The number of anilines is 1. The molecule has 0 bridgehead atoms. The van der Waals surface area contributed by atoms with Crippen molar-refractivity contribution < 1.29 is 4.79 Å². The average Bonchev–Trinajstić information content (AvgIpc) is 3.02. The lowest BCUT2D eigenvalue weighted by molar-refractivity contribution is 0.102. The molecule has 0 spiro atoms. The van der Waals surface area contributed by atoms with E-state index in [0.717, 1.165) is 10.6 Å². The summed E-state index contributed by atoms with van der Waals surface area (Å²) >= 11 is 13.7. The Kier molecular flexibility index (Phi) is 6.19. The van der Waals surface area contributed by atoms with Crippen LogP contribution in [0.15, 0.2) is 53.7 Å². The number of nitrogens with zero attached hydrogens (tertiary/aromatic N) is 3. The number of nitrogens with one attached hydrogen (secondary N) is 1. The first-order chi connectivity index (χ1) is 12.6. The number of carbonyl (C=O) groups is 1. The molecule has 0 saturated heterocycles. The molecule has 26 heavy (non-hydrogen) atoms. The number of hydrogen-bond donors (Lipinski definition) is 1. The molecule has 3 rings (SSSR count). The smallest absolute Gasteiger partial charge is 0.258 e. The van der Waals surface area contributed by atoms with Gasteiger partial charge >= 0.3 is 0 Å². The maximum absolute atomic E-state index is 12.4. The fraction of sp³-hybridized carbons (Fsp3) is 0.167. The van der Waals surface area contributed by atoms with Gasteiger partial charge in [-0.05, 0) is 36.8 Å². The maximum atomic E-state index is 12.4. The van der Waals surface area contributed by atoms with Crippen molar-refractivity contribution in [1.82, 2.24) is 14.8 Å². The molecule has 2 aromatic carbocycles. The van der Waals surface area contributed by atoms with Gasteiger partial charge in [-0.3, -0.25) is 14.7 Å². The van der Waals surface area contributed by atoms with Crippen LogP contribution in [0.3, 0.4) is 0 Å². The van der Waals surface area contributed by atoms with Crippen molar-refractivity contribution in [3.05, 3.63) is 69.7 Å². The van der Waals surface area contributed by atoms with Crippen LogP contribution in [0.1, 0.15) is 22.8 Å².